The Morgan fingerprint density at radius 2 is 0.689 bits per heavy atom. The van der Waals surface area contributed by atoms with Crippen molar-refractivity contribution < 1.29 is 0 Å². The van der Waals surface area contributed by atoms with Crippen LogP contribution in [-0.2, 0) is 0 Å². The van der Waals surface area contributed by atoms with Crippen LogP contribution in [0, 0.1) is 0 Å². The van der Waals surface area contributed by atoms with Crippen molar-refractivity contribution in [2.75, 3.05) is 0 Å². The maximum absolute atomic E-state index is 5.17. The summed E-state index contributed by atoms with van der Waals surface area (Å²) in [7, 11) is 0. The molecule has 61 heavy (non-hydrogen) atoms. The number of fused-ring (bicyclic) bond motifs is 3. The Kier molecular flexibility index (Phi) is 9.06. The lowest BCUT2D eigenvalue weighted by molar-refractivity contribution is 1.07. The summed E-state index contributed by atoms with van der Waals surface area (Å²) >= 11 is 0. The molecule has 11 aromatic rings. The van der Waals surface area contributed by atoms with Gasteiger partial charge in [-0.15, -0.1) is 0 Å². The molecule has 3 heterocycles. The summed E-state index contributed by atoms with van der Waals surface area (Å²) in [5, 5.41) is 2.37. The fourth-order valence-corrected chi connectivity index (χ4v) is 8.06. The fourth-order valence-electron chi connectivity index (χ4n) is 8.06. The molecule has 0 atom stereocenters. The Hall–Kier alpha value is -8.35. The molecule has 0 bridgehead atoms. The third kappa shape index (κ3) is 6.92. The highest BCUT2D eigenvalue weighted by Gasteiger charge is 2.17. The van der Waals surface area contributed by atoms with E-state index in [1.54, 1.807) is 0 Å². The highest BCUT2D eigenvalue weighted by atomic mass is 15.0. The van der Waals surface area contributed by atoms with Gasteiger partial charge in [-0.05, 0) is 53.6 Å². The average molecular weight is 781 g/mol. The van der Waals surface area contributed by atoms with Crippen molar-refractivity contribution in [2.24, 2.45) is 0 Å². The van der Waals surface area contributed by atoms with Crippen molar-refractivity contribution >= 4 is 21.8 Å². The molecule has 6 nitrogen and oxygen atoms in total. The highest BCUT2D eigenvalue weighted by Crippen LogP contribution is 2.36. The Balaban J connectivity index is 0.973. The van der Waals surface area contributed by atoms with E-state index < -0.39 is 0 Å². The second kappa shape index (κ2) is 15.4. The van der Waals surface area contributed by atoms with Crippen LogP contribution in [0.25, 0.3) is 107 Å². The minimum atomic E-state index is 0.621. The summed E-state index contributed by atoms with van der Waals surface area (Å²) in [5.41, 5.74) is 13.1. The van der Waals surface area contributed by atoms with Crippen molar-refractivity contribution in [3.8, 4) is 84.9 Å². The molecular weight excluding hydrogens is 745 g/mol. The van der Waals surface area contributed by atoms with Crippen LogP contribution >= 0.6 is 0 Å². The first-order valence-corrected chi connectivity index (χ1v) is 20.3. The zero-order valence-corrected chi connectivity index (χ0v) is 33.0. The first kappa shape index (κ1) is 35.8. The molecule has 0 aliphatic carbocycles. The van der Waals surface area contributed by atoms with Gasteiger partial charge in [0.1, 0.15) is 0 Å². The van der Waals surface area contributed by atoms with Gasteiger partial charge in [0.05, 0.1) is 22.4 Å². The normalized spacial score (nSPS) is 11.3. The molecule has 0 saturated carbocycles. The van der Waals surface area contributed by atoms with Crippen LogP contribution in [-0.4, -0.2) is 29.5 Å². The third-order valence-corrected chi connectivity index (χ3v) is 11.1. The molecular formula is C55H36N6. The van der Waals surface area contributed by atoms with Crippen molar-refractivity contribution in [3.05, 3.63) is 218 Å². The molecule has 8 aromatic carbocycles. The van der Waals surface area contributed by atoms with Gasteiger partial charge in [-0.1, -0.05) is 176 Å². The molecule has 0 spiro atoms. The molecule has 3 aromatic heterocycles. The van der Waals surface area contributed by atoms with E-state index in [-0.39, 0.29) is 0 Å². The Morgan fingerprint density at radius 3 is 1.31 bits per heavy atom. The lowest BCUT2D eigenvalue weighted by atomic mass is 9.99. The maximum atomic E-state index is 5.17. The Bertz CT molecular complexity index is 3270. The molecule has 0 saturated heterocycles. The lowest BCUT2D eigenvalue weighted by Crippen LogP contribution is -2.00. The molecule has 0 N–H and O–H groups in total. The number of para-hydroxylation sites is 2. The molecule has 0 fully saturated rings. The van der Waals surface area contributed by atoms with E-state index in [2.05, 4.69) is 144 Å². The van der Waals surface area contributed by atoms with Crippen LogP contribution < -0.4 is 0 Å². The molecule has 0 aliphatic rings. The summed E-state index contributed by atoms with van der Waals surface area (Å²) in [5.74, 6) is 2.57. The second-order valence-corrected chi connectivity index (χ2v) is 14.9. The van der Waals surface area contributed by atoms with Crippen LogP contribution in [0.3, 0.4) is 0 Å². The number of benzene rings is 8. The summed E-state index contributed by atoms with van der Waals surface area (Å²) < 4.78 is 2.33. The van der Waals surface area contributed by atoms with Crippen LogP contribution in [0.15, 0.2) is 218 Å². The summed E-state index contributed by atoms with van der Waals surface area (Å²) in [6, 6.07) is 75.2. The number of hydrogen-bond donors (Lipinski definition) is 0. The van der Waals surface area contributed by atoms with E-state index in [0.717, 1.165) is 67.1 Å². The molecule has 6 heteroatoms. The van der Waals surface area contributed by atoms with E-state index in [9.17, 15) is 0 Å². The predicted octanol–water partition coefficient (Wildman–Crippen LogP) is 13.4. The van der Waals surface area contributed by atoms with E-state index in [1.807, 2.05) is 78.9 Å². The number of hydrogen-bond acceptors (Lipinski definition) is 5. The molecule has 0 unspecified atom stereocenters. The third-order valence-electron chi connectivity index (χ3n) is 11.1. The van der Waals surface area contributed by atoms with Crippen LogP contribution in [0.1, 0.15) is 0 Å². The van der Waals surface area contributed by atoms with E-state index >= 15 is 0 Å². The summed E-state index contributed by atoms with van der Waals surface area (Å²) in [4.78, 5) is 25.1. The first-order valence-electron chi connectivity index (χ1n) is 20.3. The van der Waals surface area contributed by atoms with Gasteiger partial charge in [0.2, 0.25) is 0 Å². The van der Waals surface area contributed by atoms with Gasteiger partial charge in [-0.2, -0.15) is 0 Å². The topological polar surface area (TPSA) is 69.4 Å². The van der Waals surface area contributed by atoms with Gasteiger partial charge >= 0.3 is 0 Å². The molecule has 0 radical (unpaired) electrons. The van der Waals surface area contributed by atoms with Crippen molar-refractivity contribution in [1.82, 2.24) is 29.5 Å². The minimum absolute atomic E-state index is 0.621. The van der Waals surface area contributed by atoms with Gasteiger partial charge in [0.15, 0.2) is 23.3 Å². The van der Waals surface area contributed by atoms with Gasteiger partial charge < -0.3 is 4.57 Å². The Morgan fingerprint density at radius 1 is 0.246 bits per heavy atom. The summed E-state index contributed by atoms with van der Waals surface area (Å²) in [6.45, 7) is 0. The monoisotopic (exact) mass is 780 g/mol. The number of aromatic nitrogens is 6. The number of rotatable bonds is 8. The zero-order chi connectivity index (χ0) is 40.5. The van der Waals surface area contributed by atoms with Gasteiger partial charge in [-0.25, -0.2) is 24.9 Å². The molecule has 11 rings (SSSR count). The second-order valence-electron chi connectivity index (χ2n) is 14.9. The van der Waals surface area contributed by atoms with Crippen molar-refractivity contribution in [2.45, 2.75) is 0 Å². The first-order chi connectivity index (χ1) is 30.2. The smallest absolute Gasteiger partial charge is 0.164 e. The van der Waals surface area contributed by atoms with E-state index in [0.29, 0.717) is 23.3 Å². The fraction of sp³-hybridized carbons (Fsp3) is 0. The van der Waals surface area contributed by atoms with Gasteiger partial charge in [-0.3, -0.25) is 0 Å². The Labute approximate surface area is 353 Å². The van der Waals surface area contributed by atoms with Crippen LogP contribution in [0.4, 0.5) is 0 Å². The maximum Gasteiger partial charge on any atom is 0.164 e. The van der Waals surface area contributed by atoms with E-state index in [1.165, 1.54) is 16.3 Å². The zero-order valence-electron chi connectivity index (χ0n) is 33.0. The highest BCUT2D eigenvalue weighted by molar-refractivity contribution is 6.10. The molecule has 286 valence electrons. The van der Waals surface area contributed by atoms with Gasteiger partial charge in [0, 0.05) is 49.8 Å². The summed E-state index contributed by atoms with van der Waals surface area (Å²) in [6.07, 6.45) is 0. The molecule has 0 amide bonds. The van der Waals surface area contributed by atoms with E-state index in [4.69, 9.17) is 24.9 Å². The largest absolute Gasteiger partial charge is 0.309 e. The molecule has 0 aliphatic heterocycles. The van der Waals surface area contributed by atoms with Crippen LogP contribution in [0.2, 0.25) is 0 Å². The average Bonchev–Trinajstić information content (AvgIpc) is 3.68. The predicted molar refractivity (Wildman–Crippen MR) is 248 cm³/mol. The van der Waals surface area contributed by atoms with Crippen molar-refractivity contribution in [1.29, 1.82) is 0 Å². The quantitative estimate of drug-likeness (QED) is 0.154. The van der Waals surface area contributed by atoms with Crippen molar-refractivity contribution in [3.63, 3.8) is 0 Å². The number of nitrogens with zero attached hydrogens (tertiary/aromatic N) is 6. The standard InChI is InChI=1S/C55H36N6/c1-5-16-39(17-6-1)52-56-48(36-49(57-52)43-32-33-51-47(35-43)46-26-13-14-27-50(46)61(51)45-24-11-4-12-25-45)38-30-28-37(29-31-38)42-22-15-23-44(34-42)55-59-53(40-18-7-2-8-19-40)58-54(60-55)41-20-9-3-10-21-41/h1-36H. The minimum Gasteiger partial charge on any atom is -0.309 e. The van der Waals surface area contributed by atoms with Gasteiger partial charge in [0.25, 0.3) is 0 Å². The lowest BCUT2D eigenvalue weighted by Gasteiger charge is -2.11. The van der Waals surface area contributed by atoms with Crippen LogP contribution in [0.5, 0.6) is 0 Å². The SMILES string of the molecule is c1ccc(-c2nc(-c3ccc(-c4cccc(-c5nc(-c6ccccc6)nc(-c6ccccc6)n5)c4)cc3)cc(-c3ccc4c(c3)c3ccccc3n4-c3ccccc3)n2)cc1.